The summed E-state index contributed by atoms with van der Waals surface area (Å²) in [5, 5.41) is 2.60. The zero-order chi connectivity index (χ0) is 34.0. The second-order valence-electron chi connectivity index (χ2n) is 12.6. The lowest BCUT2D eigenvalue weighted by atomic mass is 10.0. The van der Waals surface area contributed by atoms with Gasteiger partial charge in [-0.1, -0.05) is 133 Å². The minimum Gasteiger partial charge on any atom is -0.311 e. The molecule has 0 N–H and O–H groups in total. The third kappa shape index (κ3) is 5.94. The van der Waals surface area contributed by atoms with Gasteiger partial charge in [-0.15, -0.1) is 11.3 Å². The van der Waals surface area contributed by atoms with Gasteiger partial charge < -0.3 is 9.80 Å². The monoisotopic (exact) mass is 670 g/mol. The molecule has 8 aromatic carbocycles. The first-order valence-electron chi connectivity index (χ1n) is 17.3. The van der Waals surface area contributed by atoms with E-state index in [2.05, 4.69) is 216 Å². The van der Waals surface area contributed by atoms with Crippen LogP contribution in [0.4, 0.5) is 34.1 Å². The zero-order valence-corrected chi connectivity index (χ0v) is 28.7. The summed E-state index contributed by atoms with van der Waals surface area (Å²) < 4.78 is 2.60. The largest absolute Gasteiger partial charge is 0.311 e. The highest BCUT2D eigenvalue weighted by molar-refractivity contribution is 7.26. The molecule has 0 amide bonds. The van der Waals surface area contributed by atoms with Gasteiger partial charge in [-0.25, -0.2) is 0 Å². The number of anilines is 6. The minimum atomic E-state index is 1.11. The van der Waals surface area contributed by atoms with Gasteiger partial charge in [-0.05, 0) is 95.1 Å². The Balaban J connectivity index is 1.05. The summed E-state index contributed by atoms with van der Waals surface area (Å²) in [6, 6.07) is 73.8. The van der Waals surface area contributed by atoms with Crippen molar-refractivity contribution in [2.75, 3.05) is 9.80 Å². The van der Waals surface area contributed by atoms with E-state index in [4.69, 9.17) is 0 Å². The van der Waals surface area contributed by atoms with Crippen LogP contribution in [0.3, 0.4) is 0 Å². The van der Waals surface area contributed by atoms with Gasteiger partial charge in [-0.3, -0.25) is 0 Å². The number of para-hydroxylation sites is 2. The average Bonchev–Trinajstić information content (AvgIpc) is 3.60. The quantitative estimate of drug-likeness (QED) is 0.159. The van der Waals surface area contributed by atoms with E-state index in [1.54, 1.807) is 0 Å². The van der Waals surface area contributed by atoms with Gasteiger partial charge in [0.1, 0.15) is 0 Å². The van der Waals surface area contributed by atoms with E-state index in [1.165, 1.54) is 48.1 Å². The van der Waals surface area contributed by atoms with Crippen LogP contribution in [0.1, 0.15) is 0 Å². The molecule has 0 saturated heterocycles. The summed E-state index contributed by atoms with van der Waals surface area (Å²) in [5.74, 6) is 0. The number of thiophene rings is 1. The molecule has 0 aliphatic rings. The van der Waals surface area contributed by atoms with Crippen LogP contribution in [0.5, 0.6) is 0 Å². The minimum absolute atomic E-state index is 1.11. The summed E-state index contributed by atoms with van der Waals surface area (Å²) in [4.78, 5) is 4.69. The molecule has 1 heterocycles. The lowest BCUT2D eigenvalue weighted by molar-refractivity contribution is 1.28. The second-order valence-corrected chi connectivity index (χ2v) is 13.7. The normalized spacial score (nSPS) is 11.1. The van der Waals surface area contributed by atoms with Gasteiger partial charge in [0.25, 0.3) is 0 Å². The number of rotatable bonds is 8. The molecule has 0 fully saturated rings. The highest BCUT2D eigenvalue weighted by Gasteiger charge is 2.18. The molecule has 9 rings (SSSR count). The van der Waals surface area contributed by atoms with E-state index in [1.807, 2.05) is 11.3 Å². The van der Waals surface area contributed by atoms with E-state index >= 15 is 0 Å². The molecule has 9 aromatic rings. The average molecular weight is 671 g/mol. The number of hydrogen-bond donors (Lipinski definition) is 0. The predicted molar refractivity (Wildman–Crippen MR) is 220 cm³/mol. The first-order valence-corrected chi connectivity index (χ1v) is 18.1. The number of nitrogens with zero attached hydrogens (tertiary/aromatic N) is 2. The lowest BCUT2D eigenvalue weighted by Crippen LogP contribution is -2.10. The maximum Gasteiger partial charge on any atom is 0.0640 e. The van der Waals surface area contributed by atoms with Gasteiger partial charge in [0.15, 0.2) is 0 Å². The van der Waals surface area contributed by atoms with Crippen molar-refractivity contribution < 1.29 is 0 Å². The number of benzene rings is 8. The molecule has 0 radical (unpaired) electrons. The molecule has 51 heavy (non-hydrogen) atoms. The van der Waals surface area contributed by atoms with Crippen molar-refractivity contribution in [3.63, 3.8) is 0 Å². The van der Waals surface area contributed by atoms with Crippen molar-refractivity contribution in [3.8, 4) is 22.3 Å². The Morgan fingerprint density at radius 1 is 0.275 bits per heavy atom. The Bertz CT molecular complexity index is 2540. The standard InChI is InChI=1S/C48H34N2S/c1-4-13-35(14-5-1)36-23-29-41(30-24-36)49(39-15-6-2-7-16-39)42-31-25-37(26-32-42)38-27-33-43(34-28-38)50(40-17-8-3-9-18-40)46-21-12-20-45-44-19-10-11-22-47(44)51-48(45)46/h1-34H. The lowest BCUT2D eigenvalue weighted by Gasteiger charge is -2.26. The van der Waals surface area contributed by atoms with E-state index in [0.29, 0.717) is 0 Å². The fraction of sp³-hybridized carbons (Fsp3) is 0. The first-order chi connectivity index (χ1) is 25.3. The molecule has 242 valence electrons. The van der Waals surface area contributed by atoms with Crippen LogP contribution in [0.25, 0.3) is 42.4 Å². The van der Waals surface area contributed by atoms with Crippen molar-refractivity contribution in [3.05, 3.63) is 206 Å². The van der Waals surface area contributed by atoms with Crippen LogP contribution in [-0.4, -0.2) is 0 Å². The topological polar surface area (TPSA) is 6.48 Å². The first kappa shape index (κ1) is 30.6. The fourth-order valence-corrected chi connectivity index (χ4v) is 8.18. The Labute approximate surface area is 302 Å². The van der Waals surface area contributed by atoms with E-state index in [9.17, 15) is 0 Å². The van der Waals surface area contributed by atoms with Crippen LogP contribution >= 0.6 is 11.3 Å². The molecule has 1 aromatic heterocycles. The van der Waals surface area contributed by atoms with Crippen molar-refractivity contribution >= 4 is 65.6 Å². The zero-order valence-electron chi connectivity index (χ0n) is 27.9. The van der Waals surface area contributed by atoms with Crippen molar-refractivity contribution in [1.82, 2.24) is 0 Å². The van der Waals surface area contributed by atoms with Crippen molar-refractivity contribution in [2.24, 2.45) is 0 Å². The van der Waals surface area contributed by atoms with E-state index < -0.39 is 0 Å². The SMILES string of the molecule is c1ccc(-c2ccc(N(c3ccccc3)c3ccc(-c4ccc(N(c5ccccc5)c5cccc6c5sc5ccccc56)cc4)cc3)cc2)cc1. The molecular formula is C48H34N2S. The van der Waals surface area contributed by atoms with E-state index in [-0.39, 0.29) is 0 Å². The molecule has 3 heteroatoms. The molecule has 0 aliphatic heterocycles. The van der Waals surface area contributed by atoms with Gasteiger partial charge in [-0.2, -0.15) is 0 Å². The van der Waals surface area contributed by atoms with Crippen LogP contribution in [-0.2, 0) is 0 Å². The van der Waals surface area contributed by atoms with Gasteiger partial charge >= 0.3 is 0 Å². The van der Waals surface area contributed by atoms with Crippen LogP contribution in [0.2, 0.25) is 0 Å². The van der Waals surface area contributed by atoms with E-state index in [0.717, 1.165) is 28.4 Å². The molecule has 0 aliphatic carbocycles. The Kier molecular flexibility index (Phi) is 8.09. The van der Waals surface area contributed by atoms with Crippen LogP contribution in [0, 0.1) is 0 Å². The van der Waals surface area contributed by atoms with Gasteiger partial charge in [0.05, 0.1) is 10.4 Å². The number of fused-ring (bicyclic) bond motifs is 3. The van der Waals surface area contributed by atoms with Crippen LogP contribution in [0.15, 0.2) is 206 Å². The third-order valence-electron chi connectivity index (χ3n) is 9.47. The number of hydrogen-bond acceptors (Lipinski definition) is 3. The molecule has 0 bridgehead atoms. The van der Waals surface area contributed by atoms with Crippen molar-refractivity contribution in [2.45, 2.75) is 0 Å². The summed E-state index contributed by atoms with van der Waals surface area (Å²) in [6.45, 7) is 0. The molecule has 0 unspecified atom stereocenters. The summed E-state index contributed by atoms with van der Waals surface area (Å²) in [7, 11) is 0. The molecule has 2 nitrogen and oxygen atoms in total. The van der Waals surface area contributed by atoms with Gasteiger partial charge in [0.2, 0.25) is 0 Å². The summed E-state index contributed by atoms with van der Waals surface area (Å²) in [6.07, 6.45) is 0. The highest BCUT2D eigenvalue weighted by atomic mass is 32.1. The Morgan fingerprint density at radius 3 is 1.22 bits per heavy atom. The second kappa shape index (κ2) is 13.5. The fourth-order valence-electron chi connectivity index (χ4n) is 6.98. The molecule has 0 spiro atoms. The van der Waals surface area contributed by atoms with Gasteiger partial charge in [0, 0.05) is 43.9 Å². The third-order valence-corrected chi connectivity index (χ3v) is 10.7. The Hall–Kier alpha value is -6.42. The predicted octanol–water partition coefficient (Wildman–Crippen LogP) is 14.3. The van der Waals surface area contributed by atoms with Crippen LogP contribution < -0.4 is 9.80 Å². The Morgan fingerprint density at radius 2 is 0.667 bits per heavy atom. The molecule has 0 saturated carbocycles. The smallest absolute Gasteiger partial charge is 0.0640 e. The maximum atomic E-state index is 2.38. The van der Waals surface area contributed by atoms with Crippen molar-refractivity contribution in [1.29, 1.82) is 0 Å². The maximum absolute atomic E-state index is 2.38. The summed E-state index contributed by atoms with van der Waals surface area (Å²) in [5.41, 5.74) is 11.6. The molecular weight excluding hydrogens is 637 g/mol. The summed E-state index contributed by atoms with van der Waals surface area (Å²) >= 11 is 1.86. The molecule has 0 atom stereocenters. The highest BCUT2D eigenvalue weighted by Crippen LogP contribution is 2.45.